The SMILES string of the molecule is Fc1cccc(-c2ccc(N(c3ccc4c(c3)C3(CCCCC3)c3ccccc3-4)c3cccc4c3-c3ccccc3C43C4CC5CC(C4)CC3C5)cc2)c1. The Bertz CT molecular complexity index is 2440. The molecule has 0 atom stereocenters. The van der Waals surface area contributed by atoms with Gasteiger partial charge in [0.2, 0.25) is 0 Å². The largest absolute Gasteiger partial charge is 0.310 e. The molecule has 1 nitrogen and oxygen atoms in total. The third-order valence-electron chi connectivity index (χ3n) is 15.3. The number of nitrogens with zero attached hydrogens (tertiary/aromatic N) is 1. The van der Waals surface area contributed by atoms with Gasteiger partial charge in [-0.3, -0.25) is 0 Å². The van der Waals surface area contributed by atoms with Gasteiger partial charge in [0.25, 0.3) is 0 Å². The van der Waals surface area contributed by atoms with Gasteiger partial charge in [0.05, 0.1) is 5.69 Å². The van der Waals surface area contributed by atoms with E-state index in [1.165, 1.54) is 115 Å². The second-order valence-corrected chi connectivity index (χ2v) is 17.7. The molecule has 0 heterocycles. The van der Waals surface area contributed by atoms with Crippen LogP contribution in [-0.2, 0) is 10.8 Å². The van der Waals surface area contributed by atoms with E-state index in [1.807, 2.05) is 6.07 Å². The lowest BCUT2D eigenvalue weighted by molar-refractivity contribution is -0.0399. The van der Waals surface area contributed by atoms with Crippen LogP contribution in [0.4, 0.5) is 21.5 Å². The minimum absolute atomic E-state index is 0.0722. The van der Waals surface area contributed by atoms with E-state index in [4.69, 9.17) is 0 Å². The van der Waals surface area contributed by atoms with E-state index in [0.29, 0.717) is 0 Å². The van der Waals surface area contributed by atoms with Crippen molar-refractivity contribution in [1.29, 1.82) is 0 Å². The maximum absolute atomic E-state index is 14.4. The minimum Gasteiger partial charge on any atom is -0.310 e. The fourth-order valence-electron chi connectivity index (χ4n) is 13.5. The molecule has 13 rings (SSSR count). The summed E-state index contributed by atoms with van der Waals surface area (Å²) < 4.78 is 14.4. The van der Waals surface area contributed by atoms with E-state index in [2.05, 4.69) is 114 Å². The lowest BCUT2D eigenvalue weighted by Crippen LogP contribution is -2.55. The Balaban J connectivity index is 1.08. The topological polar surface area (TPSA) is 3.24 Å². The first-order valence-corrected chi connectivity index (χ1v) is 20.8. The lowest BCUT2D eigenvalue weighted by Gasteiger charge is -2.61. The third-order valence-corrected chi connectivity index (χ3v) is 15.3. The molecule has 2 spiro atoms. The van der Waals surface area contributed by atoms with E-state index < -0.39 is 0 Å². The summed E-state index contributed by atoms with van der Waals surface area (Å²) >= 11 is 0. The second-order valence-electron chi connectivity index (χ2n) is 17.7. The van der Waals surface area contributed by atoms with Gasteiger partial charge in [-0.1, -0.05) is 110 Å². The zero-order chi connectivity index (χ0) is 35.6. The van der Waals surface area contributed by atoms with Crippen molar-refractivity contribution in [3.63, 3.8) is 0 Å². The molecule has 5 saturated carbocycles. The molecule has 4 bridgehead atoms. The Hall–Kier alpha value is -4.95. The number of benzene rings is 6. The number of halogens is 1. The van der Waals surface area contributed by atoms with E-state index in [-0.39, 0.29) is 16.6 Å². The molecule has 0 radical (unpaired) electrons. The van der Waals surface area contributed by atoms with Crippen LogP contribution < -0.4 is 4.90 Å². The number of hydrogen-bond donors (Lipinski definition) is 0. The van der Waals surface area contributed by atoms with Crippen molar-refractivity contribution in [2.45, 2.75) is 75.0 Å². The minimum atomic E-state index is -0.203. The predicted octanol–water partition coefficient (Wildman–Crippen LogP) is 13.9. The maximum atomic E-state index is 14.4. The monoisotopic (exact) mass is 703 g/mol. The van der Waals surface area contributed by atoms with Gasteiger partial charge in [-0.05, 0) is 161 Å². The van der Waals surface area contributed by atoms with Crippen LogP contribution in [0.1, 0.15) is 86.5 Å². The zero-order valence-corrected chi connectivity index (χ0v) is 30.9. The summed E-state index contributed by atoms with van der Waals surface area (Å²) in [4.78, 5) is 2.57. The van der Waals surface area contributed by atoms with Crippen LogP contribution in [-0.4, -0.2) is 0 Å². The zero-order valence-electron chi connectivity index (χ0n) is 30.9. The number of fused-ring (bicyclic) bond motifs is 8. The molecule has 0 N–H and O–H groups in total. The molecular weight excluding hydrogens is 658 g/mol. The van der Waals surface area contributed by atoms with E-state index in [1.54, 1.807) is 23.3 Å². The van der Waals surface area contributed by atoms with Crippen molar-refractivity contribution in [2.24, 2.45) is 23.7 Å². The Morgan fingerprint density at radius 1 is 0.481 bits per heavy atom. The van der Waals surface area contributed by atoms with Crippen molar-refractivity contribution in [2.75, 3.05) is 4.90 Å². The maximum Gasteiger partial charge on any atom is 0.123 e. The molecule has 0 amide bonds. The number of rotatable bonds is 4. The van der Waals surface area contributed by atoms with Crippen molar-refractivity contribution in [1.82, 2.24) is 0 Å². The summed E-state index contributed by atoms with van der Waals surface area (Å²) in [7, 11) is 0. The fraction of sp³-hybridized carbons (Fsp3) is 0.308. The molecule has 54 heavy (non-hydrogen) atoms. The summed E-state index contributed by atoms with van der Waals surface area (Å²) in [5.41, 5.74) is 17.7. The van der Waals surface area contributed by atoms with Crippen LogP contribution in [0, 0.1) is 29.5 Å². The van der Waals surface area contributed by atoms with Gasteiger partial charge in [0.15, 0.2) is 0 Å². The van der Waals surface area contributed by atoms with E-state index >= 15 is 0 Å². The van der Waals surface area contributed by atoms with Crippen LogP contribution in [0.5, 0.6) is 0 Å². The van der Waals surface area contributed by atoms with Gasteiger partial charge in [0, 0.05) is 27.8 Å². The van der Waals surface area contributed by atoms with Crippen LogP contribution in [0.2, 0.25) is 0 Å². The summed E-state index contributed by atoms with van der Waals surface area (Å²) in [5, 5.41) is 0. The molecule has 2 heteroatoms. The summed E-state index contributed by atoms with van der Waals surface area (Å²) in [6.07, 6.45) is 13.3. The van der Waals surface area contributed by atoms with Crippen molar-refractivity contribution in [3.05, 3.63) is 162 Å². The first-order chi connectivity index (χ1) is 26.6. The number of anilines is 3. The lowest BCUT2D eigenvalue weighted by atomic mass is 9.43. The van der Waals surface area contributed by atoms with Gasteiger partial charge < -0.3 is 4.90 Å². The van der Waals surface area contributed by atoms with Gasteiger partial charge in [-0.15, -0.1) is 0 Å². The summed E-state index contributed by atoms with van der Waals surface area (Å²) in [6, 6.07) is 49.2. The Morgan fingerprint density at radius 2 is 1.13 bits per heavy atom. The highest BCUT2D eigenvalue weighted by molar-refractivity contribution is 5.96. The van der Waals surface area contributed by atoms with Crippen molar-refractivity contribution >= 4 is 17.1 Å². The summed E-state index contributed by atoms with van der Waals surface area (Å²) in [6.45, 7) is 0. The molecule has 0 saturated heterocycles. The third kappa shape index (κ3) is 4.20. The first kappa shape index (κ1) is 31.4. The Morgan fingerprint density at radius 3 is 1.89 bits per heavy atom. The molecule has 0 unspecified atom stereocenters. The van der Waals surface area contributed by atoms with E-state index in [0.717, 1.165) is 40.5 Å². The highest BCUT2D eigenvalue weighted by Crippen LogP contribution is 2.70. The quantitative estimate of drug-likeness (QED) is 0.177. The fourth-order valence-corrected chi connectivity index (χ4v) is 13.5. The molecular formula is C52H46FN. The predicted molar refractivity (Wildman–Crippen MR) is 219 cm³/mol. The standard InChI is InChI=1S/C52H46FN/c53-39-11-8-10-36(31-39)35-18-20-40(21-19-35)54(41-22-23-43-42-12-2-4-14-45(42)51(48(43)32-41)24-6-1-7-25-51)49-17-9-16-47-50(49)44-13-3-5-15-46(44)52(47)37-27-33-26-34(29-37)30-38(52)28-33/h2-5,8-23,31-34,37-38H,1,6-7,24-30H2. The highest BCUT2D eigenvalue weighted by atomic mass is 19.1. The molecule has 5 fully saturated rings. The van der Waals surface area contributed by atoms with Crippen LogP contribution in [0.15, 0.2) is 133 Å². The average molecular weight is 704 g/mol. The van der Waals surface area contributed by atoms with Gasteiger partial charge in [-0.2, -0.15) is 0 Å². The van der Waals surface area contributed by atoms with Gasteiger partial charge in [0.1, 0.15) is 5.82 Å². The molecule has 0 aromatic heterocycles. The van der Waals surface area contributed by atoms with Crippen molar-refractivity contribution < 1.29 is 4.39 Å². The smallest absolute Gasteiger partial charge is 0.123 e. The van der Waals surface area contributed by atoms with Gasteiger partial charge in [-0.25, -0.2) is 4.39 Å². The molecule has 6 aromatic rings. The van der Waals surface area contributed by atoms with Crippen LogP contribution >= 0.6 is 0 Å². The molecule has 0 aliphatic heterocycles. The first-order valence-electron chi connectivity index (χ1n) is 20.8. The summed E-state index contributed by atoms with van der Waals surface area (Å²) in [5.74, 6) is 3.05. The van der Waals surface area contributed by atoms with Gasteiger partial charge >= 0.3 is 0 Å². The van der Waals surface area contributed by atoms with Crippen LogP contribution in [0.25, 0.3) is 33.4 Å². The Labute approximate surface area is 318 Å². The molecule has 266 valence electrons. The molecule has 6 aromatic carbocycles. The Kier molecular flexibility index (Phi) is 6.71. The van der Waals surface area contributed by atoms with Crippen molar-refractivity contribution in [3.8, 4) is 33.4 Å². The van der Waals surface area contributed by atoms with E-state index in [9.17, 15) is 4.39 Å². The highest BCUT2D eigenvalue weighted by Gasteiger charge is 2.62. The average Bonchev–Trinajstić information content (AvgIpc) is 3.65. The molecule has 7 aliphatic rings. The number of hydrogen-bond acceptors (Lipinski definition) is 1. The normalized spacial score (nSPS) is 26.1. The van der Waals surface area contributed by atoms with Crippen LogP contribution in [0.3, 0.4) is 0 Å². The molecule has 7 aliphatic carbocycles. The second kappa shape index (κ2) is 11.5.